The molecular weight excluding hydrogens is 580 g/mol. The van der Waals surface area contributed by atoms with Crippen LogP contribution in [0, 0.1) is 0 Å². The SMILES string of the molecule is Cn1nc(-c2ccc(OCc3ccccc3)nc2OCc2ccccc2)c2cccc([C@@H]3CCN(C(=O)OC(C)(C)C)C[C@H]3O)c21. The van der Waals surface area contributed by atoms with Gasteiger partial charge in [-0.15, -0.1) is 0 Å². The largest absolute Gasteiger partial charge is 0.473 e. The summed E-state index contributed by atoms with van der Waals surface area (Å²) in [6, 6.07) is 29.8. The van der Waals surface area contributed by atoms with Gasteiger partial charge in [0.1, 0.15) is 24.5 Å². The first-order valence-corrected chi connectivity index (χ1v) is 15.6. The number of hydrogen-bond acceptors (Lipinski definition) is 7. The zero-order valence-electron chi connectivity index (χ0n) is 26.7. The number of aliphatic hydroxyl groups excluding tert-OH is 1. The van der Waals surface area contributed by atoms with Crippen LogP contribution >= 0.6 is 0 Å². The summed E-state index contributed by atoms with van der Waals surface area (Å²) in [5, 5.41) is 17.2. The van der Waals surface area contributed by atoms with E-state index in [1.165, 1.54) is 0 Å². The van der Waals surface area contributed by atoms with Crippen molar-refractivity contribution in [3.05, 3.63) is 108 Å². The standard InChI is InChI=1S/C37H40N4O5/c1-37(2,3)46-36(43)41-21-20-27(31(42)22-41)28-16-11-17-29-33(39-40(4)34(28)29)30-18-19-32(44-23-25-12-7-5-8-13-25)38-35(30)45-24-26-14-9-6-10-15-26/h5-19,27,31,42H,20-24H2,1-4H3/t27-,31+/m0/s1. The van der Waals surface area contributed by atoms with Gasteiger partial charge in [-0.05, 0) is 49.9 Å². The van der Waals surface area contributed by atoms with Crippen LogP contribution in [0.2, 0.25) is 0 Å². The van der Waals surface area contributed by atoms with Crippen LogP contribution in [0.3, 0.4) is 0 Å². The lowest BCUT2D eigenvalue weighted by molar-refractivity contribution is -0.00141. The lowest BCUT2D eigenvalue weighted by Crippen LogP contribution is -2.47. The molecular formula is C37H40N4O5. The minimum atomic E-state index is -0.752. The Morgan fingerprint density at radius 1 is 0.891 bits per heavy atom. The Morgan fingerprint density at radius 3 is 2.22 bits per heavy atom. The van der Waals surface area contributed by atoms with Gasteiger partial charge in [0.2, 0.25) is 11.8 Å². The molecule has 5 aromatic rings. The molecule has 2 atom stereocenters. The molecule has 9 heteroatoms. The molecule has 0 radical (unpaired) electrons. The summed E-state index contributed by atoms with van der Waals surface area (Å²) < 4.78 is 19.8. The van der Waals surface area contributed by atoms with Crippen LogP contribution in [-0.2, 0) is 25.0 Å². The normalized spacial score (nSPS) is 16.8. The number of benzene rings is 3. The van der Waals surface area contributed by atoms with Crippen molar-refractivity contribution in [1.82, 2.24) is 19.7 Å². The zero-order valence-corrected chi connectivity index (χ0v) is 26.7. The Labute approximate surface area is 269 Å². The quantitative estimate of drug-likeness (QED) is 0.202. The second kappa shape index (κ2) is 13.2. The number of fused-ring (bicyclic) bond motifs is 1. The highest BCUT2D eigenvalue weighted by Crippen LogP contribution is 2.39. The van der Waals surface area contributed by atoms with Gasteiger partial charge in [0.05, 0.1) is 23.7 Å². The number of aromatic nitrogens is 3. The summed E-state index contributed by atoms with van der Waals surface area (Å²) in [6.07, 6.45) is -0.559. The molecule has 1 aliphatic heterocycles. The lowest BCUT2D eigenvalue weighted by atomic mass is 9.85. The number of nitrogens with zero attached hydrogens (tertiary/aromatic N) is 4. The van der Waals surface area contributed by atoms with Crippen LogP contribution in [0.15, 0.2) is 91.0 Å². The summed E-state index contributed by atoms with van der Waals surface area (Å²) in [4.78, 5) is 19.1. The number of carbonyl (C=O) groups excluding carboxylic acids is 1. The van der Waals surface area contributed by atoms with E-state index in [1.54, 1.807) is 4.90 Å². The number of hydrogen-bond donors (Lipinski definition) is 1. The Bertz CT molecular complexity index is 1800. The zero-order chi connectivity index (χ0) is 32.3. The second-order valence-electron chi connectivity index (χ2n) is 12.7. The molecule has 0 spiro atoms. The van der Waals surface area contributed by atoms with Crippen molar-refractivity contribution >= 4 is 17.0 Å². The average Bonchev–Trinajstić information content (AvgIpc) is 3.39. The fourth-order valence-corrected chi connectivity index (χ4v) is 5.90. The number of aliphatic hydroxyl groups is 1. The molecule has 0 saturated carbocycles. The van der Waals surface area contributed by atoms with Crippen LogP contribution in [0.1, 0.15) is 49.8 Å². The summed E-state index contributed by atoms with van der Waals surface area (Å²) in [5.74, 6) is 0.702. The summed E-state index contributed by atoms with van der Waals surface area (Å²) in [5.41, 5.74) is 4.84. The summed E-state index contributed by atoms with van der Waals surface area (Å²) >= 11 is 0. The van der Waals surface area contributed by atoms with E-state index in [0.29, 0.717) is 37.9 Å². The minimum absolute atomic E-state index is 0.175. The molecule has 46 heavy (non-hydrogen) atoms. The second-order valence-corrected chi connectivity index (χ2v) is 12.7. The summed E-state index contributed by atoms with van der Waals surface area (Å²) in [7, 11) is 1.91. The van der Waals surface area contributed by atoms with Crippen LogP contribution in [0.5, 0.6) is 11.8 Å². The smallest absolute Gasteiger partial charge is 0.410 e. The average molecular weight is 621 g/mol. The van der Waals surface area contributed by atoms with Crippen molar-refractivity contribution in [1.29, 1.82) is 0 Å². The molecule has 0 unspecified atom stereocenters. The maximum atomic E-state index is 12.7. The number of para-hydroxylation sites is 1. The van der Waals surface area contributed by atoms with Crippen molar-refractivity contribution in [2.45, 2.75) is 58.0 Å². The van der Waals surface area contributed by atoms with E-state index in [-0.39, 0.29) is 12.5 Å². The number of β-amino-alcohol motifs (C(OH)–C–C–N with tert-alkyl or cyclic N) is 1. The predicted molar refractivity (Wildman–Crippen MR) is 177 cm³/mol. The van der Waals surface area contributed by atoms with Crippen LogP contribution in [0.25, 0.3) is 22.2 Å². The maximum Gasteiger partial charge on any atom is 0.410 e. The third-order valence-corrected chi connectivity index (χ3v) is 8.07. The van der Waals surface area contributed by atoms with Gasteiger partial charge in [-0.25, -0.2) is 4.79 Å². The number of pyridine rings is 1. The van der Waals surface area contributed by atoms with Crippen LogP contribution in [0.4, 0.5) is 4.79 Å². The van der Waals surface area contributed by atoms with Gasteiger partial charge < -0.3 is 24.2 Å². The molecule has 9 nitrogen and oxygen atoms in total. The van der Waals surface area contributed by atoms with Gasteiger partial charge in [-0.3, -0.25) is 4.68 Å². The first-order chi connectivity index (χ1) is 22.2. The molecule has 0 bridgehead atoms. The molecule has 1 amide bonds. The van der Waals surface area contributed by atoms with Gasteiger partial charge >= 0.3 is 6.09 Å². The van der Waals surface area contributed by atoms with Gasteiger partial charge in [0.25, 0.3) is 0 Å². The van der Waals surface area contributed by atoms with Crippen molar-refractivity contribution in [3.63, 3.8) is 0 Å². The number of ether oxygens (including phenoxy) is 3. The molecule has 1 saturated heterocycles. The van der Waals surface area contributed by atoms with Gasteiger partial charge in [0.15, 0.2) is 0 Å². The first kappa shape index (κ1) is 31.1. The van der Waals surface area contributed by atoms with E-state index in [2.05, 4.69) is 0 Å². The van der Waals surface area contributed by atoms with Crippen molar-refractivity contribution in [2.75, 3.05) is 13.1 Å². The van der Waals surface area contributed by atoms with Crippen molar-refractivity contribution in [2.24, 2.45) is 7.05 Å². The molecule has 3 aromatic carbocycles. The number of piperidine rings is 1. The molecule has 1 N–H and O–H groups in total. The van der Waals surface area contributed by atoms with Gasteiger partial charge in [0, 0.05) is 31.0 Å². The Balaban J connectivity index is 1.31. The third-order valence-electron chi connectivity index (χ3n) is 8.07. The topological polar surface area (TPSA) is 98.9 Å². The molecule has 0 aliphatic carbocycles. The third kappa shape index (κ3) is 7.00. The first-order valence-electron chi connectivity index (χ1n) is 15.6. The monoisotopic (exact) mass is 620 g/mol. The predicted octanol–water partition coefficient (Wildman–Crippen LogP) is 6.88. The number of aryl methyl sites for hydroxylation is 1. The molecule has 238 valence electrons. The Hall–Kier alpha value is -4.89. The van der Waals surface area contributed by atoms with E-state index in [4.69, 9.17) is 24.3 Å². The van der Waals surface area contributed by atoms with E-state index in [0.717, 1.165) is 38.9 Å². The fourth-order valence-electron chi connectivity index (χ4n) is 5.90. The van der Waals surface area contributed by atoms with Crippen molar-refractivity contribution < 1.29 is 24.1 Å². The number of amides is 1. The fraction of sp³-hybridized carbons (Fsp3) is 0.324. The lowest BCUT2D eigenvalue weighted by Gasteiger charge is -2.37. The highest BCUT2D eigenvalue weighted by molar-refractivity contribution is 5.96. The molecule has 3 heterocycles. The highest BCUT2D eigenvalue weighted by Gasteiger charge is 2.35. The van der Waals surface area contributed by atoms with E-state index >= 15 is 0 Å². The summed E-state index contributed by atoms with van der Waals surface area (Å²) in [6.45, 7) is 6.93. The van der Waals surface area contributed by atoms with E-state index in [1.807, 2.05) is 123 Å². The highest BCUT2D eigenvalue weighted by atomic mass is 16.6. The van der Waals surface area contributed by atoms with Gasteiger partial charge in [-0.2, -0.15) is 10.1 Å². The van der Waals surface area contributed by atoms with E-state index in [9.17, 15) is 9.90 Å². The molecule has 1 fully saturated rings. The van der Waals surface area contributed by atoms with Gasteiger partial charge in [-0.1, -0.05) is 78.9 Å². The molecule has 2 aromatic heterocycles. The number of likely N-dealkylation sites (tertiary alicyclic amines) is 1. The van der Waals surface area contributed by atoms with Crippen LogP contribution in [-0.4, -0.2) is 55.7 Å². The number of rotatable bonds is 8. The molecule has 1 aliphatic rings. The van der Waals surface area contributed by atoms with Crippen molar-refractivity contribution in [3.8, 4) is 23.0 Å². The van der Waals surface area contributed by atoms with E-state index < -0.39 is 17.8 Å². The Morgan fingerprint density at radius 2 is 1.57 bits per heavy atom. The number of carbonyl (C=O) groups is 1. The Kier molecular flexibility index (Phi) is 8.94. The minimum Gasteiger partial charge on any atom is -0.473 e. The van der Waals surface area contributed by atoms with Crippen LogP contribution < -0.4 is 9.47 Å². The maximum absolute atomic E-state index is 12.7. The molecule has 6 rings (SSSR count).